The molecular formula is C20H18F2N4O2. The number of ether oxygens (including phenoxy) is 1. The van der Waals surface area contributed by atoms with E-state index in [1.54, 1.807) is 35.6 Å². The summed E-state index contributed by atoms with van der Waals surface area (Å²) in [5.74, 6) is 0.488. The minimum Gasteiger partial charge on any atom is -0.435 e. The number of carbonyl (C=O) groups excluding carboxylic acids is 1. The van der Waals surface area contributed by atoms with E-state index in [0.29, 0.717) is 25.2 Å². The van der Waals surface area contributed by atoms with Gasteiger partial charge in [0.05, 0.1) is 6.20 Å². The number of amides is 1. The molecule has 1 atom stereocenters. The lowest BCUT2D eigenvalue weighted by Gasteiger charge is -2.16. The number of hydrogen-bond donors (Lipinski definition) is 1. The Bertz CT molecular complexity index is 945. The molecule has 1 unspecified atom stereocenters. The highest BCUT2D eigenvalue weighted by molar-refractivity contribution is 5.96. The van der Waals surface area contributed by atoms with Crippen molar-refractivity contribution < 1.29 is 18.3 Å². The molecule has 0 saturated carbocycles. The summed E-state index contributed by atoms with van der Waals surface area (Å²) in [5, 5.41) is 6.67. The number of benzene rings is 1. The lowest BCUT2D eigenvalue weighted by atomic mass is 9.98. The number of alkyl halides is 2. The Balaban J connectivity index is 1.44. The van der Waals surface area contributed by atoms with Crippen molar-refractivity contribution in [3.63, 3.8) is 0 Å². The molecule has 1 aliphatic heterocycles. The van der Waals surface area contributed by atoms with Crippen molar-refractivity contribution in [2.75, 3.05) is 11.4 Å². The van der Waals surface area contributed by atoms with E-state index in [1.807, 2.05) is 18.2 Å². The average molecular weight is 384 g/mol. The van der Waals surface area contributed by atoms with Crippen LogP contribution in [0, 0.1) is 5.92 Å². The predicted molar refractivity (Wildman–Crippen MR) is 99.1 cm³/mol. The molecule has 4 rings (SSSR count). The van der Waals surface area contributed by atoms with Gasteiger partial charge in [-0.3, -0.25) is 14.8 Å². The molecule has 0 aliphatic carbocycles. The first-order valence-electron chi connectivity index (χ1n) is 8.90. The van der Waals surface area contributed by atoms with Crippen LogP contribution in [0.25, 0.3) is 11.1 Å². The minimum absolute atomic E-state index is 0.0104. The van der Waals surface area contributed by atoms with E-state index in [4.69, 9.17) is 0 Å². The highest BCUT2D eigenvalue weighted by Gasteiger charge is 2.33. The van der Waals surface area contributed by atoms with Crippen LogP contribution in [0.2, 0.25) is 0 Å². The first kappa shape index (κ1) is 18.1. The highest BCUT2D eigenvalue weighted by atomic mass is 19.3. The van der Waals surface area contributed by atoms with Gasteiger partial charge in [-0.1, -0.05) is 12.1 Å². The van der Waals surface area contributed by atoms with Crippen molar-refractivity contribution in [2.24, 2.45) is 5.92 Å². The summed E-state index contributed by atoms with van der Waals surface area (Å²) in [6.45, 7) is -2.29. The number of carbonyl (C=O) groups is 1. The molecule has 1 saturated heterocycles. The first-order chi connectivity index (χ1) is 13.6. The molecule has 3 heterocycles. The summed E-state index contributed by atoms with van der Waals surface area (Å²) in [5.41, 5.74) is 2.63. The van der Waals surface area contributed by atoms with Crippen molar-refractivity contribution in [3.05, 3.63) is 60.6 Å². The van der Waals surface area contributed by atoms with E-state index in [0.717, 1.165) is 16.7 Å². The average Bonchev–Trinajstić information content (AvgIpc) is 3.33. The fraction of sp³-hybridized carbons (Fsp3) is 0.250. The second kappa shape index (κ2) is 7.75. The molecule has 1 aliphatic rings. The highest BCUT2D eigenvalue weighted by Crippen LogP contribution is 2.28. The third-order valence-corrected chi connectivity index (χ3v) is 4.78. The number of rotatable bonds is 6. The van der Waals surface area contributed by atoms with Gasteiger partial charge in [0, 0.05) is 36.0 Å². The normalized spacial score (nSPS) is 16.8. The van der Waals surface area contributed by atoms with Crippen molar-refractivity contribution >= 4 is 11.7 Å². The maximum Gasteiger partial charge on any atom is 0.387 e. The lowest BCUT2D eigenvalue weighted by Crippen LogP contribution is -2.28. The molecule has 1 amide bonds. The summed E-state index contributed by atoms with van der Waals surface area (Å²) >= 11 is 0. The van der Waals surface area contributed by atoms with Gasteiger partial charge in [-0.05, 0) is 42.7 Å². The van der Waals surface area contributed by atoms with Gasteiger partial charge >= 0.3 is 6.61 Å². The Kier molecular flexibility index (Phi) is 5.01. The second-order valence-corrected chi connectivity index (χ2v) is 6.60. The lowest BCUT2D eigenvalue weighted by molar-refractivity contribution is -0.120. The fourth-order valence-electron chi connectivity index (χ4n) is 3.41. The zero-order valence-corrected chi connectivity index (χ0v) is 14.9. The number of aromatic nitrogens is 3. The van der Waals surface area contributed by atoms with E-state index in [9.17, 15) is 13.6 Å². The molecule has 1 fully saturated rings. The van der Waals surface area contributed by atoms with Gasteiger partial charge in [-0.25, -0.2) is 4.98 Å². The third-order valence-electron chi connectivity index (χ3n) is 4.78. The number of hydrogen-bond acceptors (Lipinski definition) is 4. The molecule has 1 aromatic carbocycles. The SMILES string of the molecule is O=C1C(Cc2cccc(OC(F)F)c2)CCN1c1ccc(-c2cn[nH]c2)cn1. The van der Waals surface area contributed by atoms with Gasteiger partial charge in [-0.2, -0.15) is 13.9 Å². The number of aromatic amines is 1. The van der Waals surface area contributed by atoms with Crippen molar-refractivity contribution in [1.82, 2.24) is 15.2 Å². The van der Waals surface area contributed by atoms with Crippen LogP contribution in [0.4, 0.5) is 14.6 Å². The van der Waals surface area contributed by atoms with Crippen molar-refractivity contribution in [3.8, 4) is 16.9 Å². The number of anilines is 1. The molecule has 144 valence electrons. The summed E-state index contributed by atoms with van der Waals surface area (Å²) in [7, 11) is 0. The van der Waals surface area contributed by atoms with Crippen molar-refractivity contribution in [1.29, 1.82) is 0 Å². The summed E-state index contributed by atoms with van der Waals surface area (Å²) in [6.07, 6.45) is 6.36. The summed E-state index contributed by atoms with van der Waals surface area (Å²) < 4.78 is 29.2. The predicted octanol–water partition coefficient (Wildman–Crippen LogP) is 3.67. The number of nitrogens with zero attached hydrogens (tertiary/aromatic N) is 3. The Morgan fingerprint density at radius 1 is 1.21 bits per heavy atom. The molecule has 0 spiro atoms. The molecule has 28 heavy (non-hydrogen) atoms. The van der Waals surface area contributed by atoms with Gasteiger partial charge in [0.15, 0.2) is 0 Å². The van der Waals surface area contributed by atoms with Gasteiger partial charge in [0.2, 0.25) is 5.91 Å². The molecule has 8 heteroatoms. The van der Waals surface area contributed by atoms with Crippen LogP contribution >= 0.6 is 0 Å². The van der Waals surface area contributed by atoms with Crippen molar-refractivity contribution in [2.45, 2.75) is 19.5 Å². The van der Waals surface area contributed by atoms with Crippen LogP contribution in [0.1, 0.15) is 12.0 Å². The van der Waals surface area contributed by atoms with Gasteiger partial charge < -0.3 is 4.74 Å². The maximum atomic E-state index is 12.8. The van der Waals surface area contributed by atoms with Gasteiger partial charge in [0.25, 0.3) is 0 Å². The van der Waals surface area contributed by atoms with Crippen LogP contribution in [0.15, 0.2) is 55.0 Å². The Morgan fingerprint density at radius 3 is 2.82 bits per heavy atom. The van der Waals surface area contributed by atoms with E-state index in [2.05, 4.69) is 19.9 Å². The summed E-state index contributed by atoms with van der Waals surface area (Å²) in [6, 6.07) is 10.2. The fourth-order valence-corrected chi connectivity index (χ4v) is 3.41. The second-order valence-electron chi connectivity index (χ2n) is 6.60. The Labute approximate surface area is 160 Å². The zero-order valence-electron chi connectivity index (χ0n) is 14.9. The Morgan fingerprint density at radius 2 is 2.11 bits per heavy atom. The van der Waals surface area contributed by atoms with E-state index in [1.165, 1.54) is 6.07 Å². The number of H-pyrrole nitrogens is 1. The van der Waals surface area contributed by atoms with E-state index >= 15 is 0 Å². The number of halogens is 2. The molecule has 1 N–H and O–H groups in total. The zero-order chi connectivity index (χ0) is 19.5. The molecule has 6 nitrogen and oxygen atoms in total. The van der Waals surface area contributed by atoms with Crippen LogP contribution in [-0.4, -0.2) is 34.2 Å². The molecule has 0 radical (unpaired) electrons. The molecule has 2 aromatic heterocycles. The molecule has 0 bridgehead atoms. The number of nitrogens with one attached hydrogen (secondary N) is 1. The molecular weight excluding hydrogens is 366 g/mol. The van der Waals surface area contributed by atoms with Gasteiger partial charge in [0.1, 0.15) is 11.6 Å². The number of pyridine rings is 1. The third kappa shape index (κ3) is 3.85. The maximum absolute atomic E-state index is 12.8. The standard InChI is InChI=1S/C20H18F2N4O2/c21-20(22)28-17-3-1-2-13(9-17)8-14-6-7-26(19(14)27)18-5-4-15(10-23-18)16-11-24-25-12-16/h1-5,9-12,14,20H,6-8H2,(H,24,25). The van der Waals surface area contributed by atoms with Crippen LogP contribution in [0.3, 0.4) is 0 Å². The van der Waals surface area contributed by atoms with Crippen LogP contribution in [0.5, 0.6) is 5.75 Å². The first-order valence-corrected chi connectivity index (χ1v) is 8.90. The Hall–Kier alpha value is -3.29. The van der Waals surface area contributed by atoms with Crippen LogP contribution in [-0.2, 0) is 11.2 Å². The van der Waals surface area contributed by atoms with E-state index < -0.39 is 6.61 Å². The van der Waals surface area contributed by atoms with E-state index in [-0.39, 0.29) is 17.6 Å². The summed E-state index contributed by atoms with van der Waals surface area (Å²) in [4.78, 5) is 18.9. The molecule has 3 aromatic rings. The van der Waals surface area contributed by atoms with Crippen LogP contribution < -0.4 is 9.64 Å². The largest absolute Gasteiger partial charge is 0.435 e. The van der Waals surface area contributed by atoms with Gasteiger partial charge in [-0.15, -0.1) is 0 Å². The quantitative estimate of drug-likeness (QED) is 0.704. The topological polar surface area (TPSA) is 71.1 Å². The smallest absolute Gasteiger partial charge is 0.387 e. The monoisotopic (exact) mass is 384 g/mol. The minimum atomic E-state index is -2.87.